The van der Waals surface area contributed by atoms with E-state index in [2.05, 4.69) is 27.7 Å². The van der Waals surface area contributed by atoms with Crippen LogP contribution in [-0.2, 0) is 4.79 Å². The van der Waals surface area contributed by atoms with Crippen LogP contribution in [-0.4, -0.2) is 50.2 Å². The van der Waals surface area contributed by atoms with Crippen molar-refractivity contribution in [1.82, 2.24) is 10.6 Å². The standard InChI is InChI=1S/C19H28N4O2/c1-15(18(24)21-19(25)20-16-7-5-6-8-16)22-11-13-23(14-12-22)17-9-3-2-4-10-17/h2-4,9-10,15-16H,5-8,11-14H2,1H3,(H2,20,21,24,25)/p+1/t15-/m1/s1. The summed E-state index contributed by atoms with van der Waals surface area (Å²) in [5.41, 5.74) is 1.23. The summed E-state index contributed by atoms with van der Waals surface area (Å²) in [6, 6.07) is 10.0. The number of urea groups is 1. The van der Waals surface area contributed by atoms with Gasteiger partial charge in [-0.25, -0.2) is 4.79 Å². The van der Waals surface area contributed by atoms with Crippen molar-refractivity contribution in [2.24, 2.45) is 0 Å². The molecule has 3 amide bonds. The summed E-state index contributed by atoms with van der Waals surface area (Å²) in [6.45, 7) is 5.55. The first-order chi connectivity index (χ1) is 12.1. The summed E-state index contributed by atoms with van der Waals surface area (Å²) in [7, 11) is 0. The van der Waals surface area contributed by atoms with Gasteiger partial charge in [-0.05, 0) is 31.9 Å². The Morgan fingerprint density at radius 1 is 1.12 bits per heavy atom. The highest BCUT2D eigenvalue weighted by Gasteiger charge is 2.30. The maximum Gasteiger partial charge on any atom is 0.321 e. The molecule has 1 saturated heterocycles. The second-order valence-corrected chi connectivity index (χ2v) is 7.15. The Balaban J connectivity index is 1.44. The number of hydrogen-bond donors (Lipinski definition) is 3. The summed E-state index contributed by atoms with van der Waals surface area (Å²) in [6.07, 6.45) is 4.35. The van der Waals surface area contributed by atoms with E-state index in [9.17, 15) is 9.59 Å². The van der Waals surface area contributed by atoms with Gasteiger partial charge in [0, 0.05) is 11.7 Å². The number of imide groups is 1. The minimum atomic E-state index is -0.342. The Bertz CT molecular complexity index is 578. The second-order valence-electron chi connectivity index (χ2n) is 7.15. The molecule has 1 aromatic rings. The summed E-state index contributed by atoms with van der Waals surface area (Å²) in [5.74, 6) is -0.182. The zero-order chi connectivity index (χ0) is 17.6. The van der Waals surface area contributed by atoms with Crippen LogP contribution in [0.3, 0.4) is 0 Å². The Morgan fingerprint density at radius 2 is 1.76 bits per heavy atom. The Labute approximate surface area is 149 Å². The van der Waals surface area contributed by atoms with E-state index in [-0.39, 0.29) is 24.0 Å². The second kappa shape index (κ2) is 8.34. The van der Waals surface area contributed by atoms with Crippen LogP contribution in [0.1, 0.15) is 32.6 Å². The SMILES string of the molecule is C[C@H](C(=O)NC(=O)NC1CCCC1)[NH+]1CCN(c2ccccc2)CC1. The van der Waals surface area contributed by atoms with Crippen LogP contribution in [0.2, 0.25) is 0 Å². The fraction of sp³-hybridized carbons (Fsp3) is 0.579. The zero-order valence-corrected chi connectivity index (χ0v) is 15.0. The molecular weight excluding hydrogens is 316 g/mol. The van der Waals surface area contributed by atoms with E-state index in [4.69, 9.17) is 0 Å². The minimum absolute atomic E-state index is 0.182. The number of anilines is 1. The van der Waals surface area contributed by atoms with Crippen molar-refractivity contribution in [3.05, 3.63) is 30.3 Å². The van der Waals surface area contributed by atoms with Crippen LogP contribution in [0, 0.1) is 0 Å². The van der Waals surface area contributed by atoms with Crippen molar-refractivity contribution in [3.8, 4) is 0 Å². The quantitative estimate of drug-likeness (QED) is 0.747. The van der Waals surface area contributed by atoms with Crippen molar-refractivity contribution in [1.29, 1.82) is 0 Å². The van der Waals surface area contributed by atoms with Gasteiger partial charge in [0.05, 0.1) is 26.2 Å². The number of carbonyl (C=O) groups is 2. The molecule has 3 rings (SSSR count). The predicted octanol–water partition coefficient (Wildman–Crippen LogP) is 0.548. The molecule has 3 N–H and O–H groups in total. The summed E-state index contributed by atoms with van der Waals surface area (Å²) in [5, 5.41) is 5.43. The van der Waals surface area contributed by atoms with Crippen LogP contribution in [0.15, 0.2) is 30.3 Å². The third-order valence-electron chi connectivity index (χ3n) is 5.46. The molecule has 0 unspecified atom stereocenters. The van der Waals surface area contributed by atoms with E-state index in [1.807, 2.05) is 25.1 Å². The highest BCUT2D eigenvalue weighted by molar-refractivity contribution is 5.96. The van der Waals surface area contributed by atoms with Gasteiger partial charge in [-0.2, -0.15) is 0 Å². The first-order valence-corrected chi connectivity index (χ1v) is 9.39. The van der Waals surface area contributed by atoms with Crippen molar-refractivity contribution < 1.29 is 14.5 Å². The van der Waals surface area contributed by atoms with Gasteiger partial charge in [0.15, 0.2) is 6.04 Å². The van der Waals surface area contributed by atoms with Gasteiger partial charge in [-0.15, -0.1) is 0 Å². The van der Waals surface area contributed by atoms with E-state index in [0.717, 1.165) is 51.9 Å². The van der Waals surface area contributed by atoms with Crippen LogP contribution in [0.5, 0.6) is 0 Å². The first kappa shape index (κ1) is 17.7. The monoisotopic (exact) mass is 345 g/mol. The van der Waals surface area contributed by atoms with E-state index in [1.54, 1.807) is 0 Å². The first-order valence-electron chi connectivity index (χ1n) is 9.39. The van der Waals surface area contributed by atoms with E-state index >= 15 is 0 Å². The molecule has 1 aliphatic carbocycles. The lowest BCUT2D eigenvalue weighted by molar-refractivity contribution is -0.914. The molecule has 1 saturated carbocycles. The fourth-order valence-corrected chi connectivity index (χ4v) is 3.82. The molecule has 0 aromatic heterocycles. The highest BCUT2D eigenvalue weighted by Crippen LogP contribution is 2.17. The van der Waals surface area contributed by atoms with Gasteiger partial charge in [0.2, 0.25) is 0 Å². The highest BCUT2D eigenvalue weighted by atomic mass is 16.2. The maximum absolute atomic E-state index is 12.4. The van der Waals surface area contributed by atoms with Crippen LogP contribution < -0.4 is 20.4 Å². The molecule has 2 aliphatic rings. The van der Waals surface area contributed by atoms with Crippen molar-refractivity contribution in [3.63, 3.8) is 0 Å². The van der Waals surface area contributed by atoms with Gasteiger partial charge in [0.1, 0.15) is 0 Å². The largest absolute Gasteiger partial charge is 0.360 e. The smallest absolute Gasteiger partial charge is 0.321 e. The summed E-state index contributed by atoms with van der Waals surface area (Å²) in [4.78, 5) is 27.9. The molecule has 6 nitrogen and oxygen atoms in total. The van der Waals surface area contributed by atoms with Gasteiger partial charge in [0.25, 0.3) is 5.91 Å². The molecule has 0 radical (unpaired) electrons. The average molecular weight is 345 g/mol. The molecule has 25 heavy (non-hydrogen) atoms. The normalized spacial score (nSPS) is 20.3. The van der Waals surface area contributed by atoms with Crippen LogP contribution in [0.25, 0.3) is 0 Å². The number of carbonyl (C=O) groups excluding carboxylic acids is 2. The van der Waals surface area contributed by atoms with Gasteiger partial charge >= 0.3 is 6.03 Å². The number of para-hydroxylation sites is 1. The Morgan fingerprint density at radius 3 is 2.40 bits per heavy atom. The summed E-state index contributed by atoms with van der Waals surface area (Å²) < 4.78 is 0. The van der Waals surface area contributed by atoms with Crippen LogP contribution >= 0.6 is 0 Å². The molecule has 2 fully saturated rings. The number of hydrogen-bond acceptors (Lipinski definition) is 3. The third kappa shape index (κ3) is 4.72. The molecule has 6 heteroatoms. The number of rotatable bonds is 4. The lowest BCUT2D eigenvalue weighted by atomic mass is 10.2. The summed E-state index contributed by atoms with van der Waals surface area (Å²) >= 11 is 0. The van der Waals surface area contributed by atoms with Gasteiger partial charge in [-0.1, -0.05) is 31.0 Å². The Hall–Kier alpha value is -2.08. The number of nitrogens with zero attached hydrogens (tertiary/aromatic N) is 1. The topological polar surface area (TPSA) is 65.9 Å². The molecule has 1 aliphatic heterocycles. The number of amides is 3. The predicted molar refractivity (Wildman–Crippen MR) is 97.7 cm³/mol. The van der Waals surface area contributed by atoms with Crippen molar-refractivity contribution in [2.45, 2.75) is 44.7 Å². The van der Waals surface area contributed by atoms with Gasteiger partial charge < -0.3 is 15.1 Å². The van der Waals surface area contributed by atoms with Crippen molar-refractivity contribution >= 4 is 17.6 Å². The number of nitrogens with one attached hydrogen (secondary N) is 3. The molecule has 1 atom stereocenters. The molecule has 1 aromatic carbocycles. The fourth-order valence-electron chi connectivity index (χ4n) is 3.82. The third-order valence-corrected chi connectivity index (χ3v) is 5.46. The van der Waals surface area contributed by atoms with Gasteiger partial charge in [-0.3, -0.25) is 10.1 Å². The van der Waals surface area contributed by atoms with E-state index in [0.29, 0.717) is 0 Å². The molecule has 0 bridgehead atoms. The molecule has 0 spiro atoms. The van der Waals surface area contributed by atoms with Crippen molar-refractivity contribution in [2.75, 3.05) is 31.1 Å². The zero-order valence-electron chi connectivity index (χ0n) is 15.0. The lowest BCUT2D eigenvalue weighted by Gasteiger charge is -2.35. The van der Waals surface area contributed by atoms with E-state index < -0.39 is 0 Å². The molecule has 1 heterocycles. The number of quaternary nitrogens is 1. The number of piperazine rings is 1. The van der Waals surface area contributed by atoms with Crippen LogP contribution in [0.4, 0.5) is 10.5 Å². The Kier molecular flexibility index (Phi) is 5.91. The number of benzene rings is 1. The average Bonchev–Trinajstić information content (AvgIpc) is 3.14. The lowest BCUT2D eigenvalue weighted by Crippen LogP contribution is -3.19. The molecule has 136 valence electrons. The maximum atomic E-state index is 12.4. The minimum Gasteiger partial charge on any atom is -0.360 e. The van der Waals surface area contributed by atoms with E-state index in [1.165, 1.54) is 10.6 Å². The molecular formula is C19H29N4O2+.